The second-order valence-corrected chi connectivity index (χ2v) is 7.05. The van der Waals surface area contributed by atoms with Gasteiger partial charge in [-0.05, 0) is 52.2 Å². The van der Waals surface area contributed by atoms with E-state index in [-0.39, 0.29) is 17.6 Å². The van der Waals surface area contributed by atoms with Gasteiger partial charge in [0.2, 0.25) is 0 Å². The molecule has 0 spiro atoms. The molecule has 1 atom stereocenters. The van der Waals surface area contributed by atoms with Crippen LogP contribution in [-0.2, 0) is 0 Å². The topological polar surface area (TPSA) is 35.5 Å². The number of nitrogens with one attached hydrogen (secondary N) is 1. The Morgan fingerprint density at radius 1 is 1.17 bits per heavy atom. The average Bonchev–Trinajstić information content (AvgIpc) is 2.26. The van der Waals surface area contributed by atoms with Crippen molar-refractivity contribution >= 4 is 0 Å². The summed E-state index contributed by atoms with van der Waals surface area (Å²) in [6, 6.07) is 0.523. The first-order chi connectivity index (χ1) is 8.15. The molecule has 0 aliphatic heterocycles. The van der Waals surface area contributed by atoms with E-state index in [1.807, 2.05) is 0 Å². The second kappa shape index (κ2) is 7.46. The molecule has 3 heteroatoms. The van der Waals surface area contributed by atoms with Crippen molar-refractivity contribution in [1.82, 2.24) is 10.2 Å². The van der Waals surface area contributed by atoms with Crippen LogP contribution in [0.2, 0.25) is 0 Å². The average molecular weight is 258 g/mol. The molecule has 2 N–H and O–H groups in total. The summed E-state index contributed by atoms with van der Waals surface area (Å²) in [4.78, 5) is 2.25. The van der Waals surface area contributed by atoms with Gasteiger partial charge in [0.25, 0.3) is 0 Å². The van der Waals surface area contributed by atoms with E-state index in [0.717, 1.165) is 19.5 Å². The highest BCUT2D eigenvalue weighted by atomic mass is 16.3. The third-order valence-electron chi connectivity index (χ3n) is 3.86. The molecule has 0 saturated heterocycles. The molecule has 0 bridgehead atoms. The van der Waals surface area contributed by atoms with Crippen molar-refractivity contribution in [2.75, 3.05) is 26.7 Å². The number of aliphatic hydroxyl groups is 1. The first kappa shape index (κ1) is 17.9. The highest BCUT2D eigenvalue weighted by Gasteiger charge is 2.27. The van der Waals surface area contributed by atoms with Crippen molar-refractivity contribution in [1.29, 1.82) is 0 Å². The fourth-order valence-electron chi connectivity index (χ4n) is 1.91. The smallest absolute Gasteiger partial charge is 0.0609 e. The number of hydrogen-bond donors (Lipinski definition) is 2. The largest absolute Gasteiger partial charge is 0.394 e. The lowest BCUT2D eigenvalue weighted by molar-refractivity contribution is 0.0712. The number of rotatable bonds is 8. The van der Waals surface area contributed by atoms with Gasteiger partial charge in [0.05, 0.1) is 6.61 Å². The van der Waals surface area contributed by atoms with Gasteiger partial charge in [0.1, 0.15) is 0 Å². The quantitative estimate of drug-likeness (QED) is 0.702. The molecule has 18 heavy (non-hydrogen) atoms. The van der Waals surface area contributed by atoms with Gasteiger partial charge in [-0.1, -0.05) is 27.7 Å². The number of likely N-dealkylation sites (N-methyl/N-ethyl adjacent to an activating group) is 1. The molecule has 0 aliphatic carbocycles. The SMILES string of the molecule is CCCNC(CCN(C)C(C)(C)CO)C(C)(C)C. The molecule has 1 unspecified atom stereocenters. The number of nitrogens with zero attached hydrogens (tertiary/aromatic N) is 1. The minimum Gasteiger partial charge on any atom is -0.394 e. The minimum absolute atomic E-state index is 0.132. The summed E-state index contributed by atoms with van der Waals surface area (Å²) >= 11 is 0. The van der Waals surface area contributed by atoms with Crippen LogP contribution in [0.3, 0.4) is 0 Å². The first-order valence-corrected chi connectivity index (χ1v) is 7.20. The highest BCUT2D eigenvalue weighted by molar-refractivity contribution is 4.84. The summed E-state index contributed by atoms with van der Waals surface area (Å²) in [5.74, 6) is 0. The van der Waals surface area contributed by atoms with Gasteiger partial charge in [-0.15, -0.1) is 0 Å². The molecular weight excluding hydrogens is 224 g/mol. The summed E-state index contributed by atoms with van der Waals surface area (Å²) in [6.07, 6.45) is 2.29. The van der Waals surface area contributed by atoms with Gasteiger partial charge in [-0.25, -0.2) is 0 Å². The number of aliphatic hydroxyl groups excluding tert-OH is 1. The Morgan fingerprint density at radius 3 is 2.11 bits per heavy atom. The van der Waals surface area contributed by atoms with Crippen molar-refractivity contribution in [2.45, 2.75) is 66.0 Å². The molecule has 0 aliphatic rings. The maximum absolute atomic E-state index is 9.37. The van der Waals surface area contributed by atoms with E-state index in [0.29, 0.717) is 6.04 Å². The van der Waals surface area contributed by atoms with E-state index in [1.165, 1.54) is 6.42 Å². The zero-order valence-electron chi connectivity index (χ0n) is 13.5. The Balaban J connectivity index is 4.35. The van der Waals surface area contributed by atoms with Crippen molar-refractivity contribution in [3.05, 3.63) is 0 Å². The lowest BCUT2D eigenvalue weighted by Gasteiger charge is -2.37. The number of hydrogen-bond acceptors (Lipinski definition) is 3. The van der Waals surface area contributed by atoms with Crippen molar-refractivity contribution in [2.24, 2.45) is 5.41 Å². The Labute approximate surface area is 114 Å². The van der Waals surface area contributed by atoms with Crippen LogP contribution in [0.25, 0.3) is 0 Å². The molecule has 0 heterocycles. The Hall–Kier alpha value is -0.120. The summed E-state index contributed by atoms with van der Waals surface area (Å²) in [5, 5.41) is 13.0. The molecule has 0 aromatic heterocycles. The zero-order valence-corrected chi connectivity index (χ0v) is 13.5. The lowest BCUT2D eigenvalue weighted by atomic mass is 9.84. The van der Waals surface area contributed by atoms with Crippen LogP contribution in [0, 0.1) is 5.41 Å². The van der Waals surface area contributed by atoms with E-state index >= 15 is 0 Å². The first-order valence-electron chi connectivity index (χ1n) is 7.20. The van der Waals surface area contributed by atoms with Gasteiger partial charge in [-0.3, -0.25) is 4.90 Å². The summed E-state index contributed by atoms with van der Waals surface area (Å²) in [6.45, 7) is 15.5. The molecule has 0 amide bonds. The van der Waals surface area contributed by atoms with Crippen LogP contribution in [0.1, 0.15) is 54.4 Å². The monoisotopic (exact) mass is 258 g/mol. The van der Waals surface area contributed by atoms with Crippen molar-refractivity contribution < 1.29 is 5.11 Å². The molecule has 0 aromatic rings. The lowest BCUT2D eigenvalue weighted by Crippen LogP contribution is -2.48. The van der Waals surface area contributed by atoms with Crippen LogP contribution in [0.5, 0.6) is 0 Å². The Morgan fingerprint density at radius 2 is 1.72 bits per heavy atom. The van der Waals surface area contributed by atoms with E-state index < -0.39 is 0 Å². The Kier molecular flexibility index (Phi) is 7.41. The fourth-order valence-corrected chi connectivity index (χ4v) is 1.91. The molecule has 0 rings (SSSR count). The van der Waals surface area contributed by atoms with Crippen LogP contribution in [0.4, 0.5) is 0 Å². The summed E-state index contributed by atoms with van der Waals surface area (Å²) in [5.41, 5.74) is 0.145. The fraction of sp³-hybridized carbons (Fsp3) is 1.00. The third kappa shape index (κ3) is 6.17. The molecule has 0 radical (unpaired) electrons. The predicted octanol–water partition coefficient (Wildman–Crippen LogP) is 2.49. The van der Waals surface area contributed by atoms with E-state index in [1.54, 1.807) is 0 Å². The maximum atomic E-state index is 9.37. The predicted molar refractivity (Wildman–Crippen MR) is 79.9 cm³/mol. The van der Waals surface area contributed by atoms with E-state index in [4.69, 9.17) is 0 Å². The van der Waals surface area contributed by atoms with Crippen LogP contribution < -0.4 is 5.32 Å². The van der Waals surface area contributed by atoms with Gasteiger partial charge in [0, 0.05) is 11.6 Å². The van der Waals surface area contributed by atoms with Gasteiger partial charge < -0.3 is 10.4 Å². The standard InChI is InChI=1S/C15H34N2O/c1-8-10-16-13(14(2,3)4)9-11-17(7)15(5,6)12-18/h13,16,18H,8-12H2,1-7H3. The molecule has 0 fully saturated rings. The van der Waals surface area contributed by atoms with Crippen molar-refractivity contribution in [3.8, 4) is 0 Å². The van der Waals surface area contributed by atoms with Gasteiger partial charge >= 0.3 is 0 Å². The molecule has 0 aromatic carbocycles. The summed E-state index contributed by atoms with van der Waals surface area (Å²) < 4.78 is 0. The second-order valence-electron chi connectivity index (χ2n) is 7.05. The van der Waals surface area contributed by atoms with E-state index in [2.05, 4.69) is 58.8 Å². The normalized spacial score (nSPS) is 15.2. The molecule has 3 nitrogen and oxygen atoms in total. The van der Waals surface area contributed by atoms with Gasteiger partial charge in [0.15, 0.2) is 0 Å². The van der Waals surface area contributed by atoms with Crippen LogP contribution >= 0.6 is 0 Å². The maximum Gasteiger partial charge on any atom is 0.0609 e. The highest BCUT2D eigenvalue weighted by Crippen LogP contribution is 2.23. The zero-order chi connectivity index (χ0) is 14.4. The summed E-state index contributed by atoms with van der Waals surface area (Å²) in [7, 11) is 2.09. The molecular formula is C15H34N2O. The molecule has 0 saturated carbocycles. The van der Waals surface area contributed by atoms with E-state index in [9.17, 15) is 5.11 Å². The van der Waals surface area contributed by atoms with Crippen molar-refractivity contribution in [3.63, 3.8) is 0 Å². The minimum atomic E-state index is -0.132. The van der Waals surface area contributed by atoms with Crippen LogP contribution in [-0.4, -0.2) is 48.3 Å². The van der Waals surface area contributed by atoms with Gasteiger partial charge in [-0.2, -0.15) is 0 Å². The Bertz CT molecular complexity index is 221. The molecule has 110 valence electrons. The third-order valence-corrected chi connectivity index (χ3v) is 3.86. The van der Waals surface area contributed by atoms with Crippen LogP contribution in [0.15, 0.2) is 0 Å².